The summed E-state index contributed by atoms with van der Waals surface area (Å²) in [6.07, 6.45) is 9.42. The minimum Gasteiger partial charge on any atom is -0.345 e. The van der Waals surface area contributed by atoms with Crippen molar-refractivity contribution in [2.45, 2.75) is 19.4 Å². The first-order valence-corrected chi connectivity index (χ1v) is 6.79. The van der Waals surface area contributed by atoms with E-state index in [-0.39, 0.29) is 5.91 Å². The lowest BCUT2D eigenvalue weighted by atomic mass is 10.4. The molecule has 1 N–H and O–H groups in total. The predicted octanol–water partition coefficient (Wildman–Crippen LogP) is 1.52. The van der Waals surface area contributed by atoms with Crippen molar-refractivity contribution >= 4 is 17.5 Å². The topological polar surface area (TPSA) is 63.1 Å². The van der Waals surface area contributed by atoms with E-state index >= 15 is 0 Å². The third kappa shape index (κ3) is 2.96. The Labute approximate surface area is 117 Å². The molecule has 0 radical (unpaired) electrons. The molecule has 0 aromatic carbocycles. The molecule has 1 fully saturated rings. The summed E-state index contributed by atoms with van der Waals surface area (Å²) in [6.45, 7) is 2.32. The second-order valence-electron chi connectivity index (χ2n) is 4.87. The molecule has 3 heterocycles. The van der Waals surface area contributed by atoms with Crippen LogP contribution in [0.25, 0.3) is 0 Å². The van der Waals surface area contributed by atoms with E-state index in [1.807, 2.05) is 29.1 Å². The van der Waals surface area contributed by atoms with Gasteiger partial charge in [0.25, 0.3) is 0 Å². The van der Waals surface area contributed by atoms with Crippen LogP contribution in [0.4, 0.5) is 11.6 Å². The van der Waals surface area contributed by atoms with Crippen molar-refractivity contribution in [1.82, 2.24) is 14.5 Å². The lowest BCUT2D eigenvalue weighted by molar-refractivity contribution is -0.116. The molecule has 0 saturated carbocycles. The highest BCUT2D eigenvalue weighted by Gasteiger charge is 2.14. The van der Waals surface area contributed by atoms with Crippen LogP contribution in [0.3, 0.4) is 0 Å². The lowest BCUT2D eigenvalue weighted by Crippen LogP contribution is -2.21. The minimum absolute atomic E-state index is 0.0845. The van der Waals surface area contributed by atoms with Gasteiger partial charge >= 0.3 is 0 Å². The Bertz CT molecular complexity index is 558. The molecule has 0 atom stereocenters. The Balaban J connectivity index is 1.58. The van der Waals surface area contributed by atoms with Gasteiger partial charge in [-0.25, -0.2) is 9.97 Å². The Morgan fingerprint density at radius 1 is 1.15 bits per heavy atom. The highest BCUT2D eigenvalue weighted by Crippen LogP contribution is 2.16. The number of rotatable bonds is 4. The van der Waals surface area contributed by atoms with Crippen molar-refractivity contribution in [3.8, 4) is 0 Å². The monoisotopic (exact) mass is 271 g/mol. The van der Waals surface area contributed by atoms with E-state index in [1.165, 1.54) is 12.8 Å². The molecular weight excluding hydrogens is 254 g/mol. The van der Waals surface area contributed by atoms with E-state index in [0.29, 0.717) is 12.2 Å². The van der Waals surface area contributed by atoms with Crippen LogP contribution in [0.2, 0.25) is 0 Å². The van der Waals surface area contributed by atoms with E-state index in [0.717, 1.165) is 19.0 Å². The number of hydrogen-bond donors (Lipinski definition) is 1. The number of amides is 1. The van der Waals surface area contributed by atoms with Gasteiger partial charge in [-0.15, -0.1) is 0 Å². The van der Waals surface area contributed by atoms with Crippen LogP contribution in [0, 0.1) is 0 Å². The third-order valence-corrected chi connectivity index (χ3v) is 3.30. The van der Waals surface area contributed by atoms with Crippen LogP contribution in [-0.4, -0.2) is 33.5 Å². The molecule has 0 bridgehead atoms. The summed E-state index contributed by atoms with van der Waals surface area (Å²) in [5, 5.41) is 2.79. The molecule has 2 aromatic heterocycles. The predicted molar refractivity (Wildman–Crippen MR) is 76.5 cm³/mol. The summed E-state index contributed by atoms with van der Waals surface area (Å²) in [5.41, 5.74) is 0.630. The maximum atomic E-state index is 11.8. The van der Waals surface area contributed by atoms with Crippen LogP contribution in [0.5, 0.6) is 0 Å². The van der Waals surface area contributed by atoms with Crippen molar-refractivity contribution in [2.75, 3.05) is 23.3 Å². The fourth-order valence-corrected chi connectivity index (χ4v) is 2.31. The molecular formula is C14H17N5O. The zero-order chi connectivity index (χ0) is 13.8. The Hall–Kier alpha value is -2.37. The average molecular weight is 271 g/mol. The molecule has 3 rings (SSSR count). The molecule has 0 unspecified atom stereocenters. The van der Waals surface area contributed by atoms with Gasteiger partial charge in [0.1, 0.15) is 6.54 Å². The third-order valence-electron chi connectivity index (χ3n) is 3.30. The molecule has 20 heavy (non-hydrogen) atoms. The number of nitrogens with one attached hydrogen (secondary N) is 1. The van der Waals surface area contributed by atoms with E-state index in [4.69, 9.17) is 0 Å². The highest BCUT2D eigenvalue weighted by molar-refractivity contribution is 5.90. The van der Waals surface area contributed by atoms with Crippen LogP contribution in [-0.2, 0) is 11.3 Å². The molecule has 1 aliphatic rings. The second-order valence-corrected chi connectivity index (χ2v) is 4.87. The average Bonchev–Trinajstić information content (AvgIpc) is 3.12. The summed E-state index contributed by atoms with van der Waals surface area (Å²) in [6, 6.07) is 3.78. The Morgan fingerprint density at radius 2 is 1.80 bits per heavy atom. The number of aromatic nitrogens is 3. The van der Waals surface area contributed by atoms with Crippen molar-refractivity contribution in [3.63, 3.8) is 0 Å². The van der Waals surface area contributed by atoms with Gasteiger partial charge in [-0.3, -0.25) is 4.79 Å². The molecule has 1 aliphatic heterocycles. The van der Waals surface area contributed by atoms with Gasteiger partial charge in [0.05, 0.1) is 18.1 Å². The molecule has 2 aromatic rings. The first-order valence-electron chi connectivity index (χ1n) is 6.79. The van der Waals surface area contributed by atoms with Crippen LogP contribution in [0.15, 0.2) is 36.9 Å². The summed E-state index contributed by atoms with van der Waals surface area (Å²) < 4.78 is 1.81. The highest BCUT2D eigenvalue weighted by atomic mass is 16.1. The molecule has 6 heteroatoms. The largest absolute Gasteiger partial charge is 0.345 e. The van der Waals surface area contributed by atoms with Gasteiger partial charge in [-0.05, 0) is 25.0 Å². The van der Waals surface area contributed by atoms with E-state index in [1.54, 1.807) is 12.4 Å². The maximum Gasteiger partial charge on any atom is 0.244 e. The smallest absolute Gasteiger partial charge is 0.244 e. The number of hydrogen-bond acceptors (Lipinski definition) is 4. The van der Waals surface area contributed by atoms with Gasteiger partial charge in [-0.1, -0.05) is 0 Å². The van der Waals surface area contributed by atoms with Gasteiger partial charge in [0.15, 0.2) is 0 Å². The SMILES string of the molecule is O=C(Cn1cccc1)Nc1cnc(N2CCCC2)nc1. The molecule has 104 valence electrons. The van der Waals surface area contributed by atoms with E-state index < -0.39 is 0 Å². The lowest BCUT2D eigenvalue weighted by Gasteiger charge is -2.14. The fraction of sp³-hybridized carbons (Fsp3) is 0.357. The second kappa shape index (κ2) is 5.73. The van der Waals surface area contributed by atoms with Gasteiger partial charge < -0.3 is 14.8 Å². The van der Waals surface area contributed by atoms with Crippen molar-refractivity contribution < 1.29 is 4.79 Å². The zero-order valence-corrected chi connectivity index (χ0v) is 11.2. The maximum absolute atomic E-state index is 11.8. The summed E-state index contributed by atoms with van der Waals surface area (Å²) in [7, 11) is 0. The summed E-state index contributed by atoms with van der Waals surface area (Å²) >= 11 is 0. The molecule has 1 saturated heterocycles. The zero-order valence-electron chi connectivity index (χ0n) is 11.2. The first kappa shape index (κ1) is 12.7. The molecule has 6 nitrogen and oxygen atoms in total. The first-order chi connectivity index (χ1) is 9.81. The Morgan fingerprint density at radius 3 is 2.45 bits per heavy atom. The number of carbonyl (C=O) groups is 1. The number of carbonyl (C=O) groups excluding carboxylic acids is 1. The quantitative estimate of drug-likeness (QED) is 0.915. The van der Waals surface area contributed by atoms with Gasteiger partial charge in [-0.2, -0.15) is 0 Å². The molecule has 1 amide bonds. The van der Waals surface area contributed by atoms with Crippen LogP contribution < -0.4 is 10.2 Å². The summed E-state index contributed by atoms with van der Waals surface area (Å²) in [5.74, 6) is 0.657. The minimum atomic E-state index is -0.0845. The molecule has 0 aliphatic carbocycles. The van der Waals surface area contributed by atoms with Crippen LogP contribution >= 0.6 is 0 Å². The standard InChI is InChI=1S/C14H17N5O/c20-13(11-18-5-1-2-6-18)17-12-9-15-14(16-10-12)19-7-3-4-8-19/h1-2,5-6,9-10H,3-4,7-8,11H2,(H,17,20). The number of anilines is 2. The molecule has 0 spiro atoms. The Kier molecular flexibility index (Phi) is 3.62. The van der Waals surface area contributed by atoms with Gasteiger partial charge in [0, 0.05) is 25.5 Å². The van der Waals surface area contributed by atoms with E-state index in [2.05, 4.69) is 20.2 Å². The number of nitrogens with zero attached hydrogens (tertiary/aromatic N) is 4. The fourth-order valence-electron chi connectivity index (χ4n) is 2.31. The van der Waals surface area contributed by atoms with Crippen LogP contribution in [0.1, 0.15) is 12.8 Å². The normalized spacial score (nSPS) is 14.5. The summed E-state index contributed by atoms with van der Waals surface area (Å²) in [4.78, 5) is 22.6. The van der Waals surface area contributed by atoms with Crippen molar-refractivity contribution in [1.29, 1.82) is 0 Å². The van der Waals surface area contributed by atoms with E-state index in [9.17, 15) is 4.79 Å². The van der Waals surface area contributed by atoms with Gasteiger partial charge in [0.2, 0.25) is 11.9 Å². The van der Waals surface area contributed by atoms with Crippen molar-refractivity contribution in [2.24, 2.45) is 0 Å². The van der Waals surface area contributed by atoms with Crippen molar-refractivity contribution in [3.05, 3.63) is 36.9 Å².